The highest BCUT2D eigenvalue weighted by molar-refractivity contribution is 6.44. The standard InChI is InChI=1S/C10H14F2Si/c1-7-4-5-8(2)10(6-7)9(3)13(11)12/h4-6,9,13H,1-3H3. The molecule has 13 heavy (non-hydrogen) atoms. The number of hydrogen-bond acceptors (Lipinski definition) is 0. The van der Waals surface area contributed by atoms with Crippen LogP contribution in [-0.2, 0) is 0 Å². The molecule has 1 aromatic carbocycles. The minimum Gasteiger partial charge on any atom is -0.274 e. The molecule has 0 saturated heterocycles. The molecule has 0 saturated carbocycles. The molecule has 0 bridgehead atoms. The SMILES string of the molecule is Cc1ccc(C)c(C(C)[SiH](F)F)c1. The summed E-state index contributed by atoms with van der Waals surface area (Å²) in [5.41, 5.74) is 2.33. The maximum atomic E-state index is 12.6. The van der Waals surface area contributed by atoms with Crippen molar-refractivity contribution in [2.24, 2.45) is 0 Å². The molecule has 0 nitrogen and oxygen atoms in total. The van der Waals surface area contributed by atoms with Crippen LogP contribution >= 0.6 is 0 Å². The molecule has 0 amide bonds. The zero-order valence-electron chi connectivity index (χ0n) is 8.14. The highest BCUT2D eigenvalue weighted by atomic mass is 28.4. The average Bonchev–Trinajstić information content (AvgIpc) is 2.08. The van der Waals surface area contributed by atoms with Crippen LogP contribution in [0.1, 0.15) is 29.2 Å². The summed E-state index contributed by atoms with van der Waals surface area (Å²) >= 11 is 0. The molecule has 0 aliphatic rings. The summed E-state index contributed by atoms with van der Waals surface area (Å²) in [6.07, 6.45) is 0. The molecule has 0 N–H and O–H groups in total. The fourth-order valence-corrected chi connectivity index (χ4v) is 2.02. The maximum absolute atomic E-state index is 12.6. The van der Waals surface area contributed by atoms with Gasteiger partial charge in [0.25, 0.3) is 0 Å². The van der Waals surface area contributed by atoms with E-state index in [2.05, 4.69) is 0 Å². The molecular formula is C10H14F2Si. The third-order valence-electron chi connectivity index (χ3n) is 2.30. The van der Waals surface area contributed by atoms with Crippen molar-refractivity contribution in [1.29, 1.82) is 0 Å². The van der Waals surface area contributed by atoms with Crippen molar-refractivity contribution in [3.8, 4) is 0 Å². The molecule has 1 rings (SSSR count). The van der Waals surface area contributed by atoms with Crippen LogP contribution in [0.2, 0.25) is 0 Å². The van der Waals surface area contributed by atoms with E-state index in [0.29, 0.717) is 0 Å². The number of aryl methyl sites for hydroxylation is 2. The van der Waals surface area contributed by atoms with Gasteiger partial charge in [0.2, 0.25) is 0 Å². The van der Waals surface area contributed by atoms with E-state index in [-0.39, 0.29) is 0 Å². The first-order valence-electron chi connectivity index (χ1n) is 4.37. The van der Waals surface area contributed by atoms with E-state index in [1.807, 2.05) is 32.0 Å². The Balaban J connectivity index is 3.05. The second-order valence-corrected chi connectivity index (χ2v) is 5.15. The monoisotopic (exact) mass is 200 g/mol. The van der Waals surface area contributed by atoms with Gasteiger partial charge in [-0.05, 0) is 25.0 Å². The Bertz CT molecular complexity index is 297. The highest BCUT2D eigenvalue weighted by Crippen LogP contribution is 2.24. The van der Waals surface area contributed by atoms with Gasteiger partial charge in [-0.1, -0.05) is 30.7 Å². The lowest BCUT2D eigenvalue weighted by Gasteiger charge is -2.12. The van der Waals surface area contributed by atoms with Crippen LogP contribution in [0.5, 0.6) is 0 Å². The lowest BCUT2D eigenvalue weighted by Crippen LogP contribution is -2.11. The van der Waals surface area contributed by atoms with Crippen molar-refractivity contribution < 1.29 is 8.22 Å². The fourth-order valence-electron chi connectivity index (χ4n) is 1.39. The Labute approximate surface area is 79.5 Å². The molecule has 0 radical (unpaired) electrons. The molecule has 0 aliphatic carbocycles. The fraction of sp³-hybridized carbons (Fsp3) is 0.400. The number of rotatable bonds is 2. The van der Waals surface area contributed by atoms with E-state index < -0.39 is 15.0 Å². The smallest absolute Gasteiger partial charge is 0.274 e. The van der Waals surface area contributed by atoms with Gasteiger partial charge in [-0.2, -0.15) is 0 Å². The molecular weight excluding hydrogens is 186 g/mol. The topological polar surface area (TPSA) is 0 Å². The molecule has 1 atom stereocenters. The number of hydrogen-bond donors (Lipinski definition) is 0. The third kappa shape index (κ3) is 2.37. The van der Waals surface area contributed by atoms with Gasteiger partial charge < -0.3 is 0 Å². The van der Waals surface area contributed by atoms with Crippen molar-refractivity contribution in [3.63, 3.8) is 0 Å². The summed E-state index contributed by atoms with van der Waals surface area (Å²) < 4.78 is 25.1. The third-order valence-corrected chi connectivity index (χ3v) is 3.42. The lowest BCUT2D eigenvalue weighted by atomic mass is 10.0. The quantitative estimate of drug-likeness (QED) is 0.508. The van der Waals surface area contributed by atoms with Gasteiger partial charge in [0, 0.05) is 5.54 Å². The molecule has 0 aromatic heterocycles. The van der Waals surface area contributed by atoms with Crippen LogP contribution in [0.4, 0.5) is 8.22 Å². The maximum Gasteiger partial charge on any atom is 0.418 e. The highest BCUT2D eigenvalue weighted by Gasteiger charge is 2.21. The number of halogens is 2. The van der Waals surface area contributed by atoms with Crippen molar-refractivity contribution in [3.05, 3.63) is 34.9 Å². The first-order valence-corrected chi connectivity index (χ1v) is 5.91. The first kappa shape index (κ1) is 10.4. The van der Waals surface area contributed by atoms with Crippen molar-refractivity contribution in [2.45, 2.75) is 26.3 Å². The Morgan fingerprint density at radius 1 is 1.23 bits per heavy atom. The Hall–Kier alpha value is -0.703. The van der Waals surface area contributed by atoms with Gasteiger partial charge in [-0.25, -0.2) is 0 Å². The normalized spacial score (nSPS) is 13.4. The predicted octanol–water partition coefficient (Wildman–Crippen LogP) is 3.11. The van der Waals surface area contributed by atoms with Gasteiger partial charge >= 0.3 is 9.46 Å². The second kappa shape index (κ2) is 4.00. The summed E-state index contributed by atoms with van der Waals surface area (Å²) in [6.45, 7) is 5.45. The van der Waals surface area contributed by atoms with Gasteiger partial charge in [-0.15, -0.1) is 0 Å². The molecule has 0 spiro atoms. The van der Waals surface area contributed by atoms with E-state index in [0.717, 1.165) is 16.7 Å². The zero-order chi connectivity index (χ0) is 10.0. The van der Waals surface area contributed by atoms with E-state index in [4.69, 9.17) is 0 Å². The summed E-state index contributed by atoms with van der Waals surface area (Å²) in [5, 5.41) is 0. The Kier molecular flexibility index (Phi) is 3.20. The van der Waals surface area contributed by atoms with Crippen LogP contribution in [-0.4, -0.2) is 9.46 Å². The molecule has 1 unspecified atom stereocenters. The minimum absolute atomic E-state index is 0.528. The van der Waals surface area contributed by atoms with Gasteiger partial charge in [0.1, 0.15) is 0 Å². The summed E-state index contributed by atoms with van der Waals surface area (Å²) in [5.74, 6) is 0. The largest absolute Gasteiger partial charge is 0.418 e. The summed E-state index contributed by atoms with van der Waals surface area (Å²) in [6, 6.07) is 5.75. The van der Waals surface area contributed by atoms with Crippen LogP contribution in [0.25, 0.3) is 0 Å². The van der Waals surface area contributed by atoms with Crippen molar-refractivity contribution in [1.82, 2.24) is 0 Å². The summed E-state index contributed by atoms with van der Waals surface area (Å²) in [4.78, 5) is 0. The predicted molar refractivity (Wildman–Crippen MR) is 53.7 cm³/mol. The molecule has 72 valence electrons. The van der Waals surface area contributed by atoms with E-state index in [1.165, 1.54) is 0 Å². The van der Waals surface area contributed by atoms with Crippen LogP contribution in [0, 0.1) is 13.8 Å². The second-order valence-electron chi connectivity index (χ2n) is 3.48. The Morgan fingerprint density at radius 3 is 2.38 bits per heavy atom. The van der Waals surface area contributed by atoms with E-state index in [1.54, 1.807) is 6.92 Å². The molecule has 1 aromatic rings. The average molecular weight is 200 g/mol. The zero-order valence-corrected chi connectivity index (χ0v) is 9.30. The molecule has 0 aliphatic heterocycles. The van der Waals surface area contributed by atoms with Gasteiger partial charge in [-0.3, -0.25) is 8.22 Å². The first-order chi connectivity index (χ1) is 6.02. The van der Waals surface area contributed by atoms with Crippen LogP contribution in [0.15, 0.2) is 18.2 Å². The van der Waals surface area contributed by atoms with Gasteiger partial charge in [0.15, 0.2) is 0 Å². The van der Waals surface area contributed by atoms with Crippen molar-refractivity contribution in [2.75, 3.05) is 0 Å². The summed E-state index contributed by atoms with van der Waals surface area (Å²) in [7, 11) is -3.54. The van der Waals surface area contributed by atoms with E-state index in [9.17, 15) is 8.22 Å². The van der Waals surface area contributed by atoms with E-state index >= 15 is 0 Å². The minimum atomic E-state index is -3.54. The molecule has 0 heterocycles. The van der Waals surface area contributed by atoms with Gasteiger partial charge in [0.05, 0.1) is 0 Å². The van der Waals surface area contributed by atoms with Crippen LogP contribution < -0.4 is 0 Å². The van der Waals surface area contributed by atoms with Crippen LogP contribution in [0.3, 0.4) is 0 Å². The number of benzene rings is 1. The molecule has 0 fully saturated rings. The lowest BCUT2D eigenvalue weighted by molar-refractivity contribution is 0.624. The molecule has 3 heteroatoms. The van der Waals surface area contributed by atoms with Crippen molar-refractivity contribution >= 4 is 9.46 Å². The Morgan fingerprint density at radius 2 is 1.85 bits per heavy atom.